The van der Waals surface area contributed by atoms with Gasteiger partial charge in [-0.3, -0.25) is 0 Å². The largest absolute Gasteiger partial charge is 0.374 e. The zero-order chi connectivity index (χ0) is 11.4. The number of hydrogen-bond donors (Lipinski definition) is 1. The van der Waals surface area contributed by atoms with Gasteiger partial charge in [0.1, 0.15) is 0 Å². The minimum absolute atomic E-state index is 0.0879. The second-order valence-electron chi connectivity index (χ2n) is 5.05. The monoisotopic (exact) mass is 201 g/mol. The number of rotatable bonds is 5. The smallest absolute Gasteiger partial charge is 0.0832 e. The van der Waals surface area contributed by atoms with Crippen molar-refractivity contribution in [1.82, 2.24) is 0 Å². The minimum atomic E-state index is -0.146. The third-order valence-electron chi connectivity index (χ3n) is 3.13. The van der Waals surface area contributed by atoms with Gasteiger partial charge in [0.15, 0.2) is 0 Å². The van der Waals surface area contributed by atoms with Gasteiger partial charge in [-0.15, -0.1) is 0 Å². The molecule has 0 spiro atoms. The summed E-state index contributed by atoms with van der Waals surface area (Å²) in [6.07, 6.45) is 1.96. The average molecular weight is 201 g/mol. The molecular formula is C12H27NO. The fourth-order valence-electron chi connectivity index (χ4n) is 2.06. The number of ether oxygens (including phenoxy) is 1. The predicted molar refractivity (Wildman–Crippen MR) is 62.4 cm³/mol. The third kappa shape index (κ3) is 2.96. The molecule has 0 fully saturated rings. The van der Waals surface area contributed by atoms with E-state index in [2.05, 4.69) is 34.6 Å². The van der Waals surface area contributed by atoms with Gasteiger partial charge in [0.25, 0.3) is 0 Å². The van der Waals surface area contributed by atoms with Gasteiger partial charge in [-0.2, -0.15) is 0 Å². The highest BCUT2D eigenvalue weighted by Gasteiger charge is 2.40. The molecule has 14 heavy (non-hydrogen) atoms. The van der Waals surface area contributed by atoms with Crippen LogP contribution in [0.3, 0.4) is 0 Å². The van der Waals surface area contributed by atoms with E-state index in [0.717, 1.165) is 19.4 Å². The molecule has 0 saturated carbocycles. The first kappa shape index (κ1) is 13.9. The maximum Gasteiger partial charge on any atom is 0.0832 e. The van der Waals surface area contributed by atoms with E-state index in [-0.39, 0.29) is 17.1 Å². The summed E-state index contributed by atoms with van der Waals surface area (Å²) in [7, 11) is 0. The third-order valence-corrected chi connectivity index (χ3v) is 3.13. The Morgan fingerprint density at radius 3 is 1.71 bits per heavy atom. The zero-order valence-corrected chi connectivity index (χ0v) is 10.7. The Balaban J connectivity index is 4.79. The molecule has 0 radical (unpaired) electrons. The minimum Gasteiger partial charge on any atom is -0.374 e. The van der Waals surface area contributed by atoms with Crippen LogP contribution in [0.25, 0.3) is 0 Å². The van der Waals surface area contributed by atoms with Gasteiger partial charge in [0, 0.05) is 12.6 Å². The first-order valence-corrected chi connectivity index (χ1v) is 5.73. The molecule has 0 aromatic heterocycles. The average Bonchev–Trinajstić information content (AvgIpc) is 2.12. The van der Waals surface area contributed by atoms with E-state index in [9.17, 15) is 0 Å². The Labute approximate surface area is 89.2 Å². The molecule has 0 aliphatic heterocycles. The lowest BCUT2D eigenvalue weighted by Gasteiger charge is -2.43. The number of hydrogen-bond acceptors (Lipinski definition) is 2. The first-order valence-electron chi connectivity index (χ1n) is 5.73. The van der Waals surface area contributed by atoms with Gasteiger partial charge in [0.05, 0.1) is 5.60 Å². The summed E-state index contributed by atoms with van der Waals surface area (Å²) in [5.41, 5.74) is 6.26. The molecule has 0 heterocycles. The van der Waals surface area contributed by atoms with E-state index in [0.29, 0.717) is 0 Å². The molecule has 2 heteroatoms. The molecule has 2 N–H and O–H groups in total. The van der Waals surface area contributed by atoms with E-state index in [1.165, 1.54) is 0 Å². The van der Waals surface area contributed by atoms with Gasteiger partial charge in [-0.25, -0.2) is 0 Å². The van der Waals surface area contributed by atoms with Crippen LogP contribution in [0.2, 0.25) is 0 Å². The molecule has 0 aliphatic rings. The zero-order valence-electron chi connectivity index (χ0n) is 10.7. The van der Waals surface area contributed by atoms with Gasteiger partial charge in [-0.1, -0.05) is 34.6 Å². The molecule has 2 nitrogen and oxygen atoms in total. The van der Waals surface area contributed by atoms with Crippen LogP contribution < -0.4 is 5.73 Å². The quantitative estimate of drug-likeness (QED) is 0.742. The molecule has 86 valence electrons. The van der Waals surface area contributed by atoms with Crippen LogP contribution in [0.5, 0.6) is 0 Å². The second-order valence-corrected chi connectivity index (χ2v) is 5.05. The molecule has 0 amide bonds. The molecule has 1 atom stereocenters. The van der Waals surface area contributed by atoms with Crippen LogP contribution in [0.1, 0.15) is 54.4 Å². The van der Waals surface area contributed by atoms with E-state index >= 15 is 0 Å². The molecule has 1 unspecified atom stereocenters. The maximum absolute atomic E-state index is 6.31. The van der Waals surface area contributed by atoms with Crippen molar-refractivity contribution in [3.63, 3.8) is 0 Å². The molecule has 0 bridgehead atoms. The van der Waals surface area contributed by atoms with Crippen LogP contribution in [0.4, 0.5) is 0 Å². The highest BCUT2D eigenvalue weighted by Crippen LogP contribution is 2.33. The van der Waals surface area contributed by atoms with E-state index < -0.39 is 0 Å². The van der Waals surface area contributed by atoms with Gasteiger partial charge < -0.3 is 10.5 Å². The van der Waals surface area contributed by atoms with Crippen molar-refractivity contribution >= 4 is 0 Å². The van der Waals surface area contributed by atoms with Crippen LogP contribution in [0.15, 0.2) is 0 Å². The van der Waals surface area contributed by atoms with Crippen molar-refractivity contribution in [3.8, 4) is 0 Å². The lowest BCUT2D eigenvalue weighted by atomic mass is 9.74. The van der Waals surface area contributed by atoms with Gasteiger partial charge in [0.2, 0.25) is 0 Å². The Kier molecular flexibility index (Phi) is 5.10. The fourth-order valence-corrected chi connectivity index (χ4v) is 2.06. The topological polar surface area (TPSA) is 35.2 Å². The standard InChI is InChI=1S/C12H27NO/c1-7-12(8-2,14-9-3)10(13)11(4,5)6/h10H,7-9,13H2,1-6H3. The van der Waals surface area contributed by atoms with Crippen molar-refractivity contribution in [2.75, 3.05) is 6.61 Å². The highest BCUT2D eigenvalue weighted by atomic mass is 16.5. The van der Waals surface area contributed by atoms with E-state index in [1.54, 1.807) is 0 Å². The van der Waals surface area contributed by atoms with Gasteiger partial charge >= 0.3 is 0 Å². The molecule has 0 aliphatic carbocycles. The van der Waals surface area contributed by atoms with Crippen molar-refractivity contribution in [2.24, 2.45) is 11.1 Å². The Morgan fingerprint density at radius 1 is 1.07 bits per heavy atom. The van der Waals surface area contributed by atoms with Gasteiger partial charge in [-0.05, 0) is 25.2 Å². The summed E-state index contributed by atoms with van der Waals surface area (Å²) in [5, 5.41) is 0. The van der Waals surface area contributed by atoms with Crippen molar-refractivity contribution in [3.05, 3.63) is 0 Å². The predicted octanol–water partition coefficient (Wildman–Crippen LogP) is 2.96. The molecule has 0 aromatic rings. The molecular weight excluding hydrogens is 174 g/mol. The summed E-state index contributed by atoms with van der Waals surface area (Å²) in [6, 6.07) is 0.0879. The lowest BCUT2D eigenvalue weighted by Crippen LogP contribution is -2.56. The summed E-state index contributed by atoms with van der Waals surface area (Å²) < 4.78 is 5.89. The first-order chi connectivity index (χ1) is 6.34. The molecule has 0 rings (SSSR count). The van der Waals surface area contributed by atoms with Crippen molar-refractivity contribution < 1.29 is 4.74 Å². The summed E-state index contributed by atoms with van der Waals surface area (Å²) in [6.45, 7) is 13.6. The summed E-state index contributed by atoms with van der Waals surface area (Å²) >= 11 is 0. The van der Waals surface area contributed by atoms with Crippen LogP contribution >= 0.6 is 0 Å². The molecule has 0 aromatic carbocycles. The lowest BCUT2D eigenvalue weighted by molar-refractivity contribution is -0.0859. The van der Waals surface area contributed by atoms with Crippen LogP contribution in [-0.4, -0.2) is 18.2 Å². The Hall–Kier alpha value is -0.0800. The highest BCUT2D eigenvalue weighted by molar-refractivity contribution is 4.96. The van der Waals surface area contributed by atoms with E-state index in [4.69, 9.17) is 10.5 Å². The number of nitrogens with two attached hydrogens (primary N) is 1. The fraction of sp³-hybridized carbons (Fsp3) is 1.00. The Morgan fingerprint density at radius 2 is 1.50 bits per heavy atom. The normalized spacial score (nSPS) is 15.6. The summed E-state index contributed by atoms with van der Waals surface area (Å²) in [5.74, 6) is 0. The second kappa shape index (κ2) is 5.13. The molecule has 0 saturated heterocycles. The SMILES string of the molecule is CCOC(CC)(CC)C(N)C(C)(C)C. The van der Waals surface area contributed by atoms with Crippen molar-refractivity contribution in [1.29, 1.82) is 0 Å². The van der Waals surface area contributed by atoms with Crippen molar-refractivity contribution in [2.45, 2.75) is 66.0 Å². The maximum atomic E-state index is 6.31. The van der Waals surface area contributed by atoms with E-state index in [1.807, 2.05) is 6.92 Å². The Bertz CT molecular complexity index is 156. The van der Waals surface area contributed by atoms with Crippen LogP contribution in [-0.2, 0) is 4.74 Å². The summed E-state index contributed by atoms with van der Waals surface area (Å²) in [4.78, 5) is 0. The van der Waals surface area contributed by atoms with Crippen LogP contribution in [0, 0.1) is 5.41 Å².